The fourth-order valence-electron chi connectivity index (χ4n) is 1.34. The van der Waals surface area contributed by atoms with Crippen molar-refractivity contribution in [1.82, 2.24) is 4.98 Å². The second-order valence-electron chi connectivity index (χ2n) is 3.24. The molecule has 84 valence electrons. The Morgan fingerprint density at radius 1 is 1.53 bits per heavy atom. The van der Waals surface area contributed by atoms with Crippen LogP contribution in [-0.4, -0.2) is 11.5 Å². The summed E-state index contributed by atoms with van der Waals surface area (Å²) in [5.74, 6) is 5.93. The van der Waals surface area contributed by atoms with Gasteiger partial charge >= 0.3 is 0 Å². The third kappa shape index (κ3) is 2.88. The van der Waals surface area contributed by atoms with E-state index in [2.05, 4.69) is 26.9 Å². The first-order valence-electron chi connectivity index (χ1n) is 4.95. The smallest absolute Gasteiger partial charge is 0.181 e. The Kier molecular flexibility index (Phi) is 3.46. The highest BCUT2D eigenvalue weighted by atomic mass is 32.1. The average molecular weight is 243 g/mol. The van der Waals surface area contributed by atoms with Crippen LogP contribution >= 0.6 is 11.3 Å². The average Bonchev–Trinajstić information content (AvgIpc) is 2.68. The second-order valence-corrected chi connectivity index (χ2v) is 4.30. The molecule has 0 aliphatic rings. The number of aromatic nitrogens is 1. The van der Waals surface area contributed by atoms with Crippen molar-refractivity contribution in [3.8, 4) is 11.8 Å². The molecule has 0 aliphatic heterocycles. The molecule has 1 aromatic carbocycles. The number of nitrogens with two attached hydrogens (primary N) is 1. The summed E-state index contributed by atoms with van der Waals surface area (Å²) in [6, 6.07) is 5.80. The molecule has 17 heavy (non-hydrogen) atoms. The number of fused-ring (bicyclic) bond motifs is 1. The van der Waals surface area contributed by atoms with E-state index in [1.54, 1.807) is 0 Å². The number of hydrogen-bond acceptors (Lipinski definition) is 4. The van der Waals surface area contributed by atoms with Crippen LogP contribution in [0.25, 0.3) is 20.7 Å². The van der Waals surface area contributed by atoms with Gasteiger partial charge in [-0.05, 0) is 23.7 Å². The van der Waals surface area contributed by atoms with Gasteiger partial charge in [0.05, 0.1) is 10.2 Å². The molecule has 2 aromatic rings. The summed E-state index contributed by atoms with van der Waals surface area (Å²) in [5, 5.41) is 3.97. The minimum atomic E-state index is 0.398. The Balaban J connectivity index is 2.15. The van der Waals surface area contributed by atoms with Gasteiger partial charge in [-0.2, -0.15) is 0 Å². The fourth-order valence-corrected chi connectivity index (χ4v) is 2.05. The lowest BCUT2D eigenvalue weighted by molar-refractivity contribution is 1.01. The van der Waals surface area contributed by atoms with E-state index in [9.17, 15) is 0 Å². The Bertz CT molecular complexity index is 643. The van der Waals surface area contributed by atoms with Gasteiger partial charge in [0.1, 0.15) is 0 Å². The highest BCUT2D eigenvalue weighted by Crippen LogP contribution is 2.23. The summed E-state index contributed by atoms with van der Waals surface area (Å²) in [7, 11) is 0. The van der Waals surface area contributed by atoms with E-state index in [1.165, 1.54) is 11.3 Å². The fraction of sp³-hybridized carbons (Fsp3) is 0.182. The maximum atomic E-state index is 8.09. The van der Waals surface area contributed by atoms with Crippen molar-refractivity contribution in [2.75, 3.05) is 12.3 Å². The summed E-state index contributed by atoms with van der Waals surface area (Å²) >= 11 is 1.46. The lowest BCUT2D eigenvalue weighted by Gasteiger charge is -1.89. The van der Waals surface area contributed by atoms with Crippen molar-refractivity contribution in [2.24, 2.45) is 5.11 Å². The maximum absolute atomic E-state index is 8.09. The molecule has 0 unspecified atom stereocenters. The molecule has 2 rings (SSSR count). The lowest BCUT2D eigenvalue weighted by Crippen LogP contribution is -1.80. The summed E-state index contributed by atoms with van der Waals surface area (Å²) in [6.45, 7) is 0.398. The van der Waals surface area contributed by atoms with Gasteiger partial charge in [0.2, 0.25) is 0 Å². The van der Waals surface area contributed by atoms with E-state index in [0.717, 1.165) is 15.8 Å². The molecule has 6 heteroatoms. The molecule has 5 nitrogen and oxygen atoms in total. The summed E-state index contributed by atoms with van der Waals surface area (Å²) in [4.78, 5) is 6.85. The van der Waals surface area contributed by atoms with E-state index in [4.69, 9.17) is 11.3 Å². The third-order valence-corrected chi connectivity index (χ3v) is 2.90. The quantitative estimate of drug-likeness (QED) is 0.289. The Morgan fingerprint density at radius 3 is 3.24 bits per heavy atom. The largest absolute Gasteiger partial charge is 0.375 e. The van der Waals surface area contributed by atoms with E-state index >= 15 is 0 Å². The van der Waals surface area contributed by atoms with Crippen molar-refractivity contribution in [2.45, 2.75) is 6.42 Å². The molecule has 0 fully saturated rings. The molecule has 0 bridgehead atoms. The number of nitrogen functional groups attached to an aromatic ring is 1. The van der Waals surface area contributed by atoms with Gasteiger partial charge < -0.3 is 5.73 Å². The Labute approximate surface area is 102 Å². The first-order valence-corrected chi connectivity index (χ1v) is 5.77. The number of hydrogen-bond donors (Lipinski definition) is 1. The molecule has 0 radical (unpaired) electrons. The van der Waals surface area contributed by atoms with Crippen molar-refractivity contribution in [3.63, 3.8) is 0 Å². The molecule has 0 aliphatic carbocycles. The normalized spacial score (nSPS) is 9.41. The first kappa shape index (κ1) is 11.3. The maximum Gasteiger partial charge on any atom is 0.181 e. The van der Waals surface area contributed by atoms with Crippen molar-refractivity contribution < 1.29 is 0 Å². The molecule has 0 spiro atoms. The van der Waals surface area contributed by atoms with Gasteiger partial charge in [0.15, 0.2) is 5.13 Å². The second kappa shape index (κ2) is 5.21. The van der Waals surface area contributed by atoms with Crippen LogP contribution in [0.3, 0.4) is 0 Å². The zero-order valence-corrected chi connectivity index (χ0v) is 9.74. The number of rotatable bonds is 2. The van der Waals surface area contributed by atoms with Crippen LogP contribution in [0.1, 0.15) is 12.0 Å². The van der Waals surface area contributed by atoms with Crippen molar-refractivity contribution in [1.29, 1.82) is 0 Å². The standard InChI is InChI=1S/C11H9N5S/c12-11-15-9-7-8(4-5-10(9)17-11)3-1-2-6-14-16-13/h4-5,7H,2,6H2,(H2,12,15). The van der Waals surface area contributed by atoms with Gasteiger partial charge in [-0.25, -0.2) is 4.98 Å². The lowest BCUT2D eigenvalue weighted by atomic mass is 10.2. The Morgan fingerprint density at radius 2 is 2.41 bits per heavy atom. The molecule has 0 saturated carbocycles. The summed E-state index contributed by atoms with van der Waals surface area (Å²) < 4.78 is 1.06. The van der Waals surface area contributed by atoms with Crippen LogP contribution in [0.15, 0.2) is 23.3 Å². The van der Waals surface area contributed by atoms with Crippen LogP contribution in [0, 0.1) is 11.8 Å². The van der Waals surface area contributed by atoms with Crippen LogP contribution in [0.5, 0.6) is 0 Å². The van der Waals surface area contributed by atoms with E-state index in [1.807, 2.05) is 18.2 Å². The number of nitrogens with zero attached hydrogens (tertiary/aromatic N) is 4. The van der Waals surface area contributed by atoms with E-state index in [0.29, 0.717) is 18.1 Å². The predicted octanol–water partition coefficient (Wildman–Crippen LogP) is 2.93. The molecule has 0 saturated heterocycles. The molecular weight excluding hydrogens is 234 g/mol. The van der Waals surface area contributed by atoms with Gasteiger partial charge in [-0.15, -0.1) is 0 Å². The minimum absolute atomic E-state index is 0.398. The zero-order chi connectivity index (χ0) is 12.1. The minimum Gasteiger partial charge on any atom is -0.375 e. The third-order valence-electron chi connectivity index (χ3n) is 2.04. The van der Waals surface area contributed by atoms with E-state index in [-0.39, 0.29) is 0 Å². The number of thiazole rings is 1. The van der Waals surface area contributed by atoms with Crippen LogP contribution in [-0.2, 0) is 0 Å². The van der Waals surface area contributed by atoms with E-state index < -0.39 is 0 Å². The van der Waals surface area contributed by atoms with Crippen LogP contribution in [0.4, 0.5) is 5.13 Å². The predicted molar refractivity (Wildman–Crippen MR) is 69.5 cm³/mol. The molecule has 2 N–H and O–H groups in total. The van der Waals surface area contributed by atoms with Gasteiger partial charge in [0.25, 0.3) is 0 Å². The van der Waals surface area contributed by atoms with Crippen LogP contribution < -0.4 is 5.73 Å². The molecule has 1 aromatic heterocycles. The molecule has 0 amide bonds. The van der Waals surface area contributed by atoms with Gasteiger partial charge in [-0.1, -0.05) is 28.3 Å². The van der Waals surface area contributed by atoms with Crippen molar-refractivity contribution in [3.05, 3.63) is 34.2 Å². The number of azide groups is 1. The SMILES string of the molecule is [N-]=[N+]=NCCC#Cc1ccc2sc(N)nc2c1. The van der Waals surface area contributed by atoms with Crippen LogP contribution in [0.2, 0.25) is 0 Å². The zero-order valence-electron chi connectivity index (χ0n) is 8.92. The number of benzene rings is 1. The molecular formula is C11H9N5S. The van der Waals surface area contributed by atoms with Gasteiger partial charge in [-0.3, -0.25) is 0 Å². The highest BCUT2D eigenvalue weighted by Gasteiger charge is 2.00. The Hall–Kier alpha value is -2.22. The van der Waals surface area contributed by atoms with Gasteiger partial charge in [0, 0.05) is 23.4 Å². The number of anilines is 1. The highest BCUT2D eigenvalue weighted by molar-refractivity contribution is 7.22. The van der Waals surface area contributed by atoms with Crippen molar-refractivity contribution >= 4 is 26.7 Å². The molecule has 1 heterocycles. The summed E-state index contributed by atoms with van der Waals surface area (Å²) in [5.41, 5.74) is 15.5. The molecule has 0 atom stereocenters. The first-order chi connectivity index (χ1) is 8.29. The monoisotopic (exact) mass is 243 g/mol. The topological polar surface area (TPSA) is 87.7 Å². The summed E-state index contributed by atoms with van der Waals surface area (Å²) in [6.07, 6.45) is 0.557.